The summed E-state index contributed by atoms with van der Waals surface area (Å²) in [6.45, 7) is 6.25. The lowest BCUT2D eigenvalue weighted by molar-refractivity contribution is 0.280. The van der Waals surface area contributed by atoms with Crippen LogP contribution in [0, 0.1) is 13.8 Å². The molecule has 0 saturated heterocycles. The van der Waals surface area contributed by atoms with Gasteiger partial charge in [0.05, 0.1) is 17.6 Å². The first-order valence-corrected chi connectivity index (χ1v) is 8.73. The highest BCUT2D eigenvalue weighted by atomic mass is 16.5. The van der Waals surface area contributed by atoms with Crippen molar-refractivity contribution in [3.8, 4) is 11.6 Å². The molecular formula is C19H22N6O. The number of nitrogens with zero attached hydrogens (tertiary/aromatic N) is 6. The summed E-state index contributed by atoms with van der Waals surface area (Å²) in [5, 5.41) is 8.41. The van der Waals surface area contributed by atoms with Crippen molar-refractivity contribution >= 4 is 0 Å². The molecule has 0 saturated carbocycles. The minimum atomic E-state index is 0.360. The second-order valence-electron chi connectivity index (χ2n) is 6.76. The predicted octanol–water partition coefficient (Wildman–Crippen LogP) is 2.24. The van der Waals surface area contributed by atoms with Gasteiger partial charge in [-0.2, -0.15) is 0 Å². The van der Waals surface area contributed by atoms with Crippen molar-refractivity contribution in [2.75, 3.05) is 13.6 Å². The fourth-order valence-corrected chi connectivity index (χ4v) is 3.12. The first-order chi connectivity index (χ1) is 12.6. The maximum absolute atomic E-state index is 5.96. The predicted molar refractivity (Wildman–Crippen MR) is 97.2 cm³/mol. The molecule has 0 fully saturated rings. The molecule has 0 aromatic carbocycles. The molecule has 26 heavy (non-hydrogen) atoms. The second-order valence-corrected chi connectivity index (χ2v) is 6.76. The van der Waals surface area contributed by atoms with Crippen LogP contribution in [0.15, 0.2) is 30.6 Å². The Kier molecular flexibility index (Phi) is 4.38. The maximum Gasteiger partial charge on any atom is 0.213 e. The zero-order chi connectivity index (χ0) is 18.1. The summed E-state index contributed by atoms with van der Waals surface area (Å²) in [7, 11) is 2.13. The third kappa shape index (κ3) is 3.30. The molecule has 4 heterocycles. The third-order valence-electron chi connectivity index (χ3n) is 4.72. The molecule has 0 atom stereocenters. The largest absolute Gasteiger partial charge is 0.471 e. The van der Waals surface area contributed by atoms with E-state index in [0.29, 0.717) is 12.5 Å². The lowest BCUT2D eigenvalue weighted by Crippen LogP contribution is -2.26. The van der Waals surface area contributed by atoms with Crippen LogP contribution in [-0.2, 0) is 19.6 Å². The van der Waals surface area contributed by atoms with Gasteiger partial charge in [-0.15, -0.1) is 5.10 Å². The van der Waals surface area contributed by atoms with Crippen LogP contribution in [0.2, 0.25) is 0 Å². The molecule has 134 valence electrons. The normalized spacial score (nSPS) is 14.3. The molecular weight excluding hydrogens is 328 g/mol. The topological polar surface area (TPSA) is 69.0 Å². The number of pyridine rings is 2. The number of rotatable bonds is 4. The minimum Gasteiger partial charge on any atom is -0.471 e. The molecule has 3 aromatic heterocycles. The van der Waals surface area contributed by atoms with Crippen LogP contribution in [0.25, 0.3) is 5.69 Å². The fraction of sp³-hybridized carbons (Fsp3) is 0.368. The fourth-order valence-electron chi connectivity index (χ4n) is 3.12. The van der Waals surface area contributed by atoms with Crippen LogP contribution in [0.3, 0.4) is 0 Å². The van der Waals surface area contributed by atoms with E-state index in [2.05, 4.69) is 38.3 Å². The summed E-state index contributed by atoms with van der Waals surface area (Å²) in [5.74, 6) is 0.641. The Balaban J connectivity index is 1.54. The third-order valence-corrected chi connectivity index (χ3v) is 4.72. The van der Waals surface area contributed by atoms with Crippen molar-refractivity contribution in [1.29, 1.82) is 0 Å². The number of hydrogen-bond acceptors (Lipinski definition) is 6. The van der Waals surface area contributed by atoms with Gasteiger partial charge in [0.15, 0.2) is 0 Å². The molecule has 4 rings (SSSR count). The Bertz CT molecular complexity index is 918. The summed E-state index contributed by atoms with van der Waals surface area (Å²) in [6.07, 6.45) is 4.74. The van der Waals surface area contributed by atoms with Crippen LogP contribution in [0.4, 0.5) is 0 Å². The van der Waals surface area contributed by atoms with Crippen LogP contribution in [0.5, 0.6) is 5.88 Å². The first-order valence-electron chi connectivity index (χ1n) is 8.73. The monoisotopic (exact) mass is 350 g/mol. The van der Waals surface area contributed by atoms with E-state index in [9.17, 15) is 0 Å². The lowest BCUT2D eigenvalue weighted by atomic mass is 10.0. The zero-order valence-electron chi connectivity index (χ0n) is 15.3. The summed E-state index contributed by atoms with van der Waals surface area (Å²) in [6, 6.07) is 5.99. The average molecular weight is 350 g/mol. The van der Waals surface area contributed by atoms with Crippen molar-refractivity contribution in [2.45, 2.75) is 33.4 Å². The second kappa shape index (κ2) is 6.84. The van der Waals surface area contributed by atoms with Gasteiger partial charge in [0.25, 0.3) is 0 Å². The molecule has 1 aliphatic rings. The van der Waals surface area contributed by atoms with Gasteiger partial charge in [0, 0.05) is 31.0 Å². The van der Waals surface area contributed by atoms with Gasteiger partial charge in [0.1, 0.15) is 12.3 Å². The highest BCUT2D eigenvalue weighted by Gasteiger charge is 2.16. The number of ether oxygens (including phenoxy) is 1. The Labute approximate surface area is 152 Å². The highest BCUT2D eigenvalue weighted by molar-refractivity contribution is 5.33. The maximum atomic E-state index is 5.96. The van der Waals surface area contributed by atoms with Gasteiger partial charge in [0.2, 0.25) is 5.88 Å². The average Bonchev–Trinajstić information content (AvgIpc) is 3.01. The molecule has 7 heteroatoms. The number of hydrogen-bond donors (Lipinski definition) is 0. The van der Waals surface area contributed by atoms with Crippen LogP contribution in [-0.4, -0.2) is 43.5 Å². The molecule has 0 unspecified atom stereocenters. The lowest BCUT2D eigenvalue weighted by Gasteiger charge is -2.24. The Hall–Kier alpha value is -2.80. The van der Waals surface area contributed by atoms with Crippen molar-refractivity contribution < 1.29 is 4.74 Å². The van der Waals surface area contributed by atoms with E-state index in [0.717, 1.165) is 42.3 Å². The Morgan fingerprint density at radius 3 is 2.81 bits per heavy atom. The number of likely N-dealkylation sites (N-methyl/N-ethyl adjacent to an activating group) is 1. The standard InChI is InChI=1S/C19H22N6O/c1-13-4-5-17(10-20-13)25-18(14(2)22-23-25)12-26-19-8-15-6-7-24(3)11-16(15)9-21-19/h4-5,8-10H,6-7,11-12H2,1-3H3. The van der Waals surface area contributed by atoms with Crippen molar-refractivity contribution in [2.24, 2.45) is 0 Å². The van der Waals surface area contributed by atoms with E-state index in [-0.39, 0.29) is 0 Å². The molecule has 7 nitrogen and oxygen atoms in total. The summed E-state index contributed by atoms with van der Waals surface area (Å²) >= 11 is 0. The van der Waals surface area contributed by atoms with Gasteiger partial charge in [-0.25, -0.2) is 9.67 Å². The molecule has 0 bridgehead atoms. The molecule has 3 aromatic rings. The van der Waals surface area contributed by atoms with E-state index in [1.807, 2.05) is 32.2 Å². The van der Waals surface area contributed by atoms with Crippen LogP contribution in [0.1, 0.15) is 28.2 Å². The number of aromatic nitrogens is 5. The van der Waals surface area contributed by atoms with Crippen LogP contribution >= 0.6 is 0 Å². The number of aryl methyl sites for hydroxylation is 2. The first kappa shape index (κ1) is 16.7. The van der Waals surface area contributed by atoms with E-state index in [1.165, 1.54) is 11.1 Å². The number of fused-ring (bicyclic) bond motifs is 1. The van der Waals surface area contributed by atoms with Crippen LogP contribution < -0.4 is 4.74 Å². The quantitative estimate of drug-likeness (QED) is 0.719. The summed E-state index contributed by atoms with van der Waals surface area (Å²) in [5.41, 5.74) is 6.17. The van der Waals surface area contributed by atoms with E-state index in [1.54, 1.807) is 10.9 Å². The molecule has 0 aliphatic carbocycles. The van der Waals surface area contributed by atoms with Gasteiger partial charge in [-0.3, -0.25) is 4.98 Å². The highest BCUT2D eigenvalue weighted by Crippen LogP contribution is 2.22. The van der Waals surface area contributed by atoms with E-state index in [4.69, 9.17) is 4.74 Å². The Morgan fingerprint density at radius 1 is 1.12 bits per heavy atom. The van der Waals surface area contributed by atoms with Gasteiger partial charge in [-0.1, -0.05) is 5.21 Å². The van der Waals surface area contributed by atoms with E-state index >= 15 is 0 Å². The van der Waals surface area contributed by atoms with Gasteiger partial charge in [-0.05, 0) is 50.6 Å². The molecule has 0 spiro atoms. The Morgan fingerprint density at radius 2 is 2.00 bits per heavy atom. The SMILES string of the molecule is Cc1ccc(-n2nnc(C)c2COc2cc3c(cn2)CN(C)CC3)cn1. The van der Waals surface area contributed by atoms with E-state index < -0.39 is 0 Å². The van der Waals surface area contributed by atoms with Gasteiger partial charge >= 0.3 is 0 Å². The molecule has 0 N–H and O–H groups in total. The van der Waals surface area contributed by atoms with Crippen molar-refractivity contribution in [1.82, 2.24) is 29.9 Å². The van der Waals surface area contributed by atoms with Crippen molar-refractivity contribution in [3.63, 3.8) is 0 Å². The smallest absolute Gasteiger partial charge is 0.213 e. The summed E-state index contributed by atoms with van der Waals surface area (Å²) < 4.78 is 7.74. The zero-order valence-corrected chi connectivity index (χ0v) is 15.3. The molecule has 0 radical (unpaired) electrons. The molecule has 0 amide bonds. The van der Waals surface area contributed by atoms with Crippen molar-refractivity contribution in [3.05, 3.63) is 58.8 Å². The molecule has 1 aliphatic heterocycles. The minimum absolute atomic E-state index is 0.360. The van der Waals surface area contributed by atoms with Gasteiger partial charge < -0.3 is 9.64 Å². The summed E-state index contributed by atoms with van der Waals surface area (Å²) in [4.78, 5) is 11.1.